The van der Waals surface area contributed by atoms with E-state index in [1.165, 1.54) is 23.9 Å². The molecule has 0 aliphatic heterocycles. The molecule has 0 fully saturated rings. The standard InChI is InChI=1S/C13H14FN3OS/c1-8-6-12(18)17-13(16-8)19-11-5-3-4-10(14)9(11)7-15-2/h3-6,15H,7H2,1-2H3,(H,16,17,18). The molecule has 0 radical (unpaired) electrons. The second kappa shape index (κ2) is 5.99. The third kappa shape index (κ3) is 3.42. The largest absolute Gasteiger partial charge is 0.316 e. The molecule has 0 saturated carbocycles. The van der Waals surface area contributed by atoms with E-state index >= 15 is 0 Å². The van der Waals surface area contributed by atoms with Gasteiger partial charge in [0.15, 0.2) is 5.16 Å². The lowest BCUT2D eigenvalue weighted by molar-refractivity contribution is 0.593. The molecule has 1 heterocycles. The van der Waals surface area contributed by atoms with Crippen LogP contribution in [0.2, 0.25) is 0 Å². The normalized spacial score (nSPS) is 10.7. The third-order valence-electron chi connectivity index (χ3n) is 2.48. The van der Waals surface area contributed by atoms with E-state index in [2.05, 4.69) is 15.3 Å². The Morgan fingerprint density at radius 2 is 2.26 bits per heavy atom. The number of nitrogens with one attached hydrogen (secondary N) is 2. The first-order valence-corrected chi connectivity index (χ1v) is 6.59. The summed E-state index contributed by atoms with van der Waals surface area (Å²) < 4.78 is 13.8. The monoisotopic (exact) mass is 279 g/mol. The minimum absolute atomic E-state index is 0.207. The van der Waals surface area contributed by atoms with E-state index in [0.717, 1.165) is 4.90 Å². The van der Waals surface area contributed by atoms with Crippen molar-refractivity contribution in [3.63, 3.8) is 0 Å². The molecular formula is C13H14FN3OS. The fraction of sp³-hybridized carbons (Fsp3) is 0.231. The zero-order valence-electron chi connectivity index (χ0n) is 10.7. The van der Waals surface area contributed by atoms with E-state index < -0.39 is 0 Å². The molecule has 4 nitrogen and oxygen atoms in total. The molecule has 6 heteroatoms. The van der Waals surface area contributed by atoms with E-state index in [9.17, 15) is 9.18 Å². The van der Waals surface area contributed by atoms with E-state index in [1.807, 2.05) is 6.07 Å². The zero-order chi connectivity index (χ0) is 13.8. The second-order valence-corrected chi connectivity index (χ2v) is 5.07. The minimum atomic E-state index is -0.269. The number of H-pyrrole nitrogens is 1. The number of aromatic amines is 1. The van der Waals surface area contributed by atoms with Gasteiger partial charge in [0.25, 0.3) is 5.56 Å². The fourth-order valence-corrected chi connectivity index (χ4v) is 2.68. The maximum absolute atomic E-state index is 13.8. The van der Waals surface area contributed by atoms with Crippen molar-refractivity contribution in [3.8, 4) is 0 Å². The summed E-state index contributed by atoms with van der Waals surface area (Å²) >= 11 is 1.25. The summed E-state index contributed by atoms with van der Waals surface area (Å²) in [5.74, 6) is -0.269. The number of hydrogen-bond acceptors (Lipinski definition) is 4. The molecule has 19 heavy (non-hydrogen) atoms. The van der Waals surface area contributed by atoms with E-state index in [1.54, 1.807) is 20.0 Å². The van der Waals surface area contributed by atoms with Gasteiger partial charge in [-0.1, -0.05) is 17.8 Å². The maximum atomic E-state index is 13.8. The smallest absolute Gasteiger partial charge is 0.251 e. The van der Waals surface area contributed by atoms with Crippen LogP contribution in [0.4, 0.5) is 4.39 Å². The van der Waals surface area contributed by atoms with Crippen LogP contribution in [0.25, 0.3) is 0 Å². The van der Waals surface area contributed by atoms with Gasteiger partial charge < -0.3 is 10.3 Å². The lowest BCUT2D eigenvalue weighted by atomic mass is 10.2. The van der Waals surface area contributed by atoms with Crippen LogP contribution in [0.3, 0.4) is 0 Å². The Labute approximate surface area is 114 Å². The quantitative estimate of drug-likeness (QED) is 0.841. The topological polar surface area (TPSA) is 57.8 Å². The summed E-state index contributed by atoms with van der Waals surface area (Å²) in [5.41, 5.74) is 0.999. The Hall–Kier alpha value is -1.66. The summed E-state index contributed by atoms with van der Waals surface area (Å²) in [6.45, 7) is 2.17. The van der Waals surface area contributed by atoms with Crippen LogP contribution in [0.5, 0.6) is 0 Å². The van der Waals surface area contributed by atoms with E-state index in [0.29, 0.717) is 23.0 Å². The van der Waals surface area contributed by atoms with Crippen molar-refractivity contribution in [2.45, 2.75) is 23.5 Å². The highest BCUT2D eigenvalue weighted by Crippen LogP contribution is 2.29. The highest BCUT2D eigenvalue weighted by molar-refractivity contribution is 7.99. The molecule has 2 rings (SSSR count). The van der Waals surface area contributed by atoms with Gasteiger partial charge >= 0.3 is 0 Å². The van der Waals surface area contributed by atoms with E-state index in [-0.39, 0.29) is 11.4 Å². The third-order valence-corrected chi connectivity index (χ3v) is 3.47. The molecule has 0 bridgehead atoms. The molecular weight excluding hydrogens is 265 g/mol. The maximum Gasteiger partial charge on any atom is 0.251 e. The van der Waals surface area contributed by atoms with Crippen LogP contribution in [0.1, 0.15) is 11.3 Å². The second-order valence-electron chi connectivity index (χ2n) is 4.04. The summed E-state index contributed by atoms with van der Waals surface area (Å²) in [7, 11) is 1.76. The Bertz CT molecular complexity index is 642. The number of hydrogen-bond donors (Lipinski definition) is 2. The molecule has 0 amide bonds. The predicted molar refractivity (Wildman–Crippen MR) is 72.9 cm³/mol. The fourth-order valence-electron chi connectivity index (χ4n) is 1.69. The summed E-state index contributed by atoms with van der Waals surface area (Å²) in [4.78, 5) is 19.0. The number of nitrogens with zero attached hydrogens (tertiary/aromatic N) is 1. The Balaban J connectivity index is 2.37. The van der Waals surface area contributed by atoms with Crippen molar-refractivity contribution in [1.82, 2.24) is 15.3 Å². The molecule has 2 N–H and O–H groups in total. The van der Waals surface area contributed by atoms with Crippen molar-refractivity contribution in [2.75, 3.05) is 7.05 Å². The van der Waals surface area contributed by atoms with E-state index in [4.69, 9.17) is 0 Å². The molecule has 0 saturated heterocycles. The molecule has 0 unspecified atom stereocenters. The summed E-state index contributed by atoms with van der Waals surface area (Å²) in [6.07, 6.45) is 0. The van der Waals surface area contributed by atoms with Crippen molar-refractivity contribution >= 4 is 11.8 Å². The number of halogens is 1. The summed E-state index contributed by atoms with van der Waals surface area (Å²) in [5, 5.41) is 3.39. The van der Waals surface area contributed by atoms with Crippen molar-refractivity contribution in [2.24, 2.45) is 0 Å². The average Bonchev–Trinajstić information content (AvgIpc) is 2.32. The van der Waals surface area contributed by atoms with Gasteiger partial charge in [-0.25, -0.2) is 9.37 Å². The number of rotatable bonds is 4. The van der Waals surface area contributed by atoms with Crippen molar-refractivity contribution < 1.29 is 4.39 Å². The van der Waals surface area contributed by atoms with Gasteiger partial charge in [0.1, 0.15) is 5.82 Å². The van der Waals surface area contributed by atoms with Crippen LogP contribution in [-0.4, -0.2) is 17.0 Å². The predicted octanol–water partition coefficient (Wildman–Crippen LogP) is 2.09. The molecule has 0 spiro atoms. The van der Waals surface area contributed by atoms with Crippen LogP contribution in [-0.2, 0) is 6.54 Å². The molecule has 1 aromatic carbocycles. The first-order valence-electron chi connectivity index (χ1n) is 5.78. The van der Waals surface area contributed by atoms with Gasteiger partial charge in [-0.3, -0.25) is 4.79 Å². The van der Waals surface area contributed by atoms with Crippen LogP contribution in [0.15, 0.2) is 39.1 Å². The number of aromatic nitrogens is 2. The highest BCUT2D eigenvalue weighted by atomic mass is 32.2. The summed E-state index contributed by atoms with van der Waals surface area (Å²) in [6, 6.07) is 6.29. The molecule has 0 atom stereocenters. The van der Waals surface area contributed by atoms with Gasteiger partial charge in [0, 0.05) is 28.8 Å². The number of aryl methyl sites for hydroxylation is 1. The molecule has 1 aromatic heterocycles. The Morgan fingerprint density at radius 3 is 2.95 bits per heavy atom. The van der Waals surface area contributed by atoms with Gasteiger partial charge in [-0.15, -0.1) is 0 Å². The van der Waals surface area contributed by atoms with Gasteiger partial charge in [0.05, 0.1) is 0 Å². The first-order chi connectivity index (χ1) is 9.10. The Morgan fingerprint density at radius 1 is 1.47 bits per heavy atom. The minimum Gasteiger partial charge on any atom is -0.316 e. The first kappa shape index (κ1) is 13.8. The van der Waals surface area contributed by atoms with Crippen molar-refractivity contribution in [3.05, 3.63) is 51.7 Å². The lowest BCUT2D eigenvalue weighted by Crippen LogP contribution is -2.10. The van der Waals surface area contributed by atoms with Crippen LogP contribution in [0, 0.1) is 12.7 Å². The number of benzene rings is 1. The molecule has 100 valence electrons. The van der Waals surface area contributed by atoms with Gasteiger partial charge in [-0.2, -0.15) is 0 Å². The Kier molecular flexibility index (Phi) is 4.34. The van der Waals surface area contributed by atoms with Crippen LogP contribution >= 0.6 is 11.8 Å². The highest BCUT2D eigenvalue weighted by Gasteiger charge is 2.10. The molecule has 0 aliphatic carbocycles. The zero-order valence-corrected chi connectivity index (χ0v) is 11.5. The molecule has 0 aliphatic rings. The lowest BCUT2D eigenvalue weighted by Gasteiger charge is -2.09. The van der Waals surface area contributed by atoms with Crippen LogP contribution < -0.4 is 10.9 Å². The van der Waals surface area contributed by atoms with Gasteiger partial charge in [-0.05, 0) is 26.1 Å². The molecule has 2 aromatic rings. The SMILES string of the molecule is CNCc1c(F)cccc1Sc1nc(C)cc(=O)[nH]1. The van der Waals surface area contributed by atoms with Crippen molar-refractivity contribution in [1.29, 1.82) is 0 Å². The average molecular weight is 279 g/mol. The van der Waals surface area contributed by atoms with Gasteiger partial charge in [0.2, 0.25) is 0 Å².